The number of nitrogens with zero attached hydrogens (tertiary/aromatic N) is 3. The molecule has 6 aromatic carbocycles. The van der Waals surface area contributed by atoms with Crippen LogP contribution in [0.25, 0.3) is 88.8 Å². The summed E-state index contributed by atoms with van der Waals surface area (Å²) < 4.78 is 8.51. The van der Waals surface area contributed by atoms with E-state index < -0.39 is 0 Å². The van der Waals surface area contributed by atoms with Crippen LogP contribution in [0.1, 0.15) is 0 Å². The number of hydrogen-bond acceptors (Lipinski definition) is 3. The lowest BCUT2D eigenvalue weighted by molar-refractivity contribution is 0.584. The maximum Gasteiger partial charge on any atom is 0.248 e. The van der Waals surface area contributed by atoms with Crippen LogP contribution in [0.2, 0.25) is 0 Å². The van der Waals surface area contributed by atoms with Gasteiger partial charge in [0.2, 0.25) is 11.8 Å². The van der Waals surface area contributed by atoms with Crippen molar-refractivity contribution in [2.24, 2.45) is 7.05 Å². The molecule has 0 aliphatic rings. The number of para-hydroxylation sites is 2. The van der Waals surface area contributed by atoms with Crippen molar-refractivity contribution in [1.82, 2.24) is 19.7 Å². The van der Waals surface area contributed by atoms with Gasteiger partial charge in [0, 0.05) is 61.8 Å². The summed E-state index contributed by atoms with van der Waals surface area (Å²) in [7, 11) is 2.13. The first-order valence-electron chi connectivity index (χ1n) is 14.7. The van der Waals surface area contributed by atoms with Crippen molar-refractivity contribution in [2.75, 3.05) is 0 Å². The van der Waals surface area contributed by atoms with Crippen molar-refractivity contribution in [3.05, 3.63) is 133 Å². The summed E-state index contributed by atoms with van der Waals surface area (Å²) in [6, 6.07) is 46.8. The Morgan fingerprint density at radius 3 is 1.86 bits per heavy atom. The number of aromatic amines is 1. The Morgan fingerprint density at radius 2 is 1.05 bits per heavy atom. The molecule has 0 radical (unpaired) electrons. The standard InChI is InChI=1S/C39H26N4O/c1-43-36-14-8-6-12-31(36)33-23-26(16-18-37(33)43)28-19-27(25-15-17-35-32(22-25)30-11-5-7-13-34(30)40-35)20-29(21-28)39-42-41-38(44-39)24-9-3-2-4-10-24/h2-23,40H,1H3. The maximum atomic E-state index is 6.25. The second-order valence-electron chi connectivity index (χ2n) is 11.3. The molecule has 3 heterocycles. The zero-order chi connectivity index (χ0) is 29.2. The summed E-state index contributed by atoms with van der Waals surface area (Å²) in [5.41, 5.74) is 10.9. The lowest BCUT2D eigenvalue weighted by atomic mass is 9.94. The predicted molar refractivity (Wildman–Crippen MR) is 179 cm³/mol. The van der Waals surface area contributed by atoms with E-state index in [0.29, 0.717) is 11.8 Å². The van der Waals surface area contributed by atoms with Crippen LogP contribution in [-0.2, 0) is 7.05 Å². The van der Waals surface area contributed by atoms with Crippen LogP contribution < -0.4 is 0 Å². The monoisotopic (exact) mass is 566 g/mol. The fourth-order valence-electron chi connectivity index (χ4n) is 6.50. The van der Waals surface area contributed by atoms with Gasteiger partial charge in [0.15, 0.2) is 0 Å². The summed E-state index contributed by atoms with van der Waals surface area (Å²) in [5, 5.41) is 13.8. The van der Waals surface area contributed by atoms with Crippen molar-refractivity contribution in [3.63, 3.8) is 0 Å². The van der Waals surface area contributed by atoms with Crippen LogP contribution in [-0.4, -0.2) is 19.7 Å². The average molecular weight is 567 g/mol. The Balaban J connectivity index is 1.25. The van der Waals surface area contributed by atoms with Crippen LogP contribution in [0.5, 0.6) is 0 Å². The van der Waals surface area contributed by atoms with Gasteiger partial charge in [-0.15, -0.1) is 10.2 Å². The molecular formula is C39H26N4O. The molecule has 208 valence electrons. The van der Waals surface area contributed by atoms with Crippen LogP contribution in [0.4, 0.5) is 0 Å². The molecule has 0 amide bonds. The molecule has 5 heteroatoms. The number of H-pyrrole nitrogens is 1. The molecule has 3 aromatic heterocycles. The molecular weight excluding hydrogens is 540 g/mol. The highest BCUT2D eigenvalue weighted by Gasteiger charge is 2.16. The van der Waals surface area contributed by atoms with Crippen LogP contribution >= 0.6 is 0 Å². The zero-order valence-electron chi connectivity index (χ0n) is 24.0. The van der Waals surface area contributed by atoms with E-state index >= 15 is 0 Å². The molecule has 0 bridgehead atoms. The minimum atomic E-state index is 0.492. The minimum absolute atomic E-state index is 0.492. The summed E-state index contributed by atoms with van der Waals surface area (Å²) >= 11 is 0. The van der Waals surface area contributed by atoms with Crippen molar-refractivity contribution < 1.29 is 4.42 Å². The quantitative estimate of drug-likeness (QED) is 0.231. The number of nitrogens with one attached hydrogen (secondary N) is 1. The highest BCUT2D eigenvalue weighted by Crippen LogP contribution is 2.38. The van der Waals surface area contributed by atoms with E-state index in [9.17, 15) is 0 Å². The highest BCUT2D eigenvalue weighted by atomic mass is 16.4. The molecule has 44 heavy (non-hydrogen) atoms. The number of rotatable bonds is 4. The molecule has 0 saturated heterocycles. The summed E-state index contributed by atoms with van der Waals surface area (Å²) in [5.74, 6) is 0.997. The molecule has 0 aliphatic carbocycles. The third-order valence-electron chi connectivity index (χ3n) is 8.71. The topological polar surface area (TPSA) is 59.6 Å². The van der Waals surface area contributed by atoms with Crippen molar-refractivity contribution >= 4 is 43.6 Å². The largest absolute Gasteiger partial charge is 0.416 e. The van der Waals surface area contributed by atoms with E-state index in [1.54, 1.807) is 0 Å². The molecule has 0 fully saturated rings. The smallest absolute Gasteiger partial charge is 0.248 e. The third-order valence-corrected chi connectivity index (χ3v) is 8.71. The van der Waals surface area contributed by atoms with Gasteiger partial charge >= 0.3 is 0 Å². The third kappa shape index (κ3) is 3.87. The van der Waals surface area contributed by atoms with Crippen molar-refractivity contribution in [1.29, 1.82) is 0 Å². The second-order valence-corrected chi connectivity index (χ2v) is 11.3. The molecule has 0 unspecified atom stereocenters. The number of fused-ring (bicyclic) bond motifs is 6. The highest BCUT2D eigenvalue weighted by molar-refractivity contribution is 6.10. The first kappa shape index (κ1) is 24.6. The summed E-state index contributed by atoms with van der Waals surface area (Å²) in [4.78, 5) is 3.55. The van der Waals surface area contributed by atoms with E-state index in [0.717, 1.165) is 44.4 Å². The zero-order valence-corrected chi connectivity index (χ0v) is 24.0. The molecule has 0 saturated carbocycles. The summed E-state index contributed by atoms with van der Waals surface area (Å²) in [6.07, 6.45) is 0. The van der Waals surface area contributed by atoms with E-state index in [-0.39, 0.29) is 0 Å². The van der Waals surface area contributed by atoms with Crippen LogP contribution in [0.15, 0.2) is 138 Å². The van der Waals surface area contributed by atoms with E-state index in [4.69, 9.17) is 4.42 Å². The Kier molecular flexibility index (Phi) is 5.34. The van der Waals surface area contributed by atoms with Gasteiger partial charge in [0.05, 0.1) is 0 Å². The Morgan fingerprint density at radius 1 is 0.455 bits per heavy atom. The number of hydrogen-bond donors (Lipinski definition) is 1. The number of aromatic nitrogens is 4. The first-order valence-corrected chi connectivity index (χ1v) is 14.7. The molecule has 0 aliphatic heterocycles. The molecule has 9 rings (SSSR count). The normalized spacial score (nSPS) is 11.8. The summed E-state index contributed by atoms with van der Waals surface area (Å²) in [6.45, 7) is 0. The van der Waals surface area contributed by atoms with E-state index in [2.05, 4.69) is 130 Å². The number of aryl methyl sites for hydroxylation is 1. The second kappa shape index (κ2) is 9.54. The number of benzene rings is 6. The fraction of sp³-hybridized carbons (Fsp3) is 0.0256. The lowest BCUT2D eigenvalue weighted by Crippen LogP contribution is -1.88. The minimum Gasteiger partial charge on any atom is -0.416 e. The Bertz CT molecular complexity index is 2520. The fourth-order valence-corrected chi connectivity index (χ4v) is 6.50. The van der Waals surface area contributed by atoms with Gasteiger partial charge < -0.3 is 14.0 Å². The van der Waals surface area contributed by atoms with Gasteiger partial charge in [-0.05, 0) is 89.0 Å². The molecule has 9 aromatic rings. The molecule has 0 atom stereocenters. The van der Waals surface area contributed by atoms with Crippen molar-refractivity contribution in [2.45, 2.75) is 0 Å². The Hall–Kier alpha value is -5.94. The van der Waals surface area contributed by atoms with Gasteiger partial charge in [-0.2, -0.15) is 0 Å². The van der Waals surface area contributed by atoms with E-state index in [1.807, 2.05) is 30.3 Å². The Labute approximate surface area is 253 Å². The van der Waals surface area contributed by atoms with Gasteiger partial charge in [0.25, 0.3) is 0 Å². The SMILES string of the molecule is Cn1c2ccccc2c2cc(-c3cc(-c4ccc5[nH]c6ccccc6c5c4)cc(-c4nnc(-c5ccccc5)o4)c3)ccc21. The maximum absolute atomic E-state index is 6.25. The van der Waals surface area contributed by atoms with Gasteiger partial charge in [-0.1, -0.05) is 66.7 Å². The van der Waals surface area contributed by atoms with Gasteiger partial charge in [-0.25, -0.2) is 0 Å². The molecule has 5 nitrogen and oxygen atoms in total. The van der Waals surface area contributed by atoms with E-state index in [1.165, 1.54) is 32.6 Å². The average Bonchev–Trinajstić information content (AvgIpc) is 3.80. The van der Waals surface area contributed by atoms with Gasteiger partial charge in [0.1, 0.15) is 0 Å². The van der Waals surface area contributed by atoms with Gasteiger partial charge in [-0.3, -0.25) is 0 Å². The molecule has 0 spiro atoms. The lowest BCUT2D eigenvalue weighted by Gasteiger charge is -2.10. The van der Waals surface area contributed by atoms with Crippen molar-refractivity contribution in [3.8, 4) is 45.2 Å². The molecule has 1 N–H and O–H groups in total. The predicted octanol–water partition coefficient (Wildman–Crippen LogP) is 10.0. The first-order chi connectivity index (χ1) is 21.7. The van der Waals surface area contributed by atoms with Crippen LogP contribution in [0, 0.1) is 0 Å². The van der Waals surface area contributed by atoms with Crippen LogP contribution in [0.3, 0.4) is 0 Å².